The maximum atomic E-state index is 14.1. The minimum absolute atomic E-state index is 0.0198. The lowest BCUT2D eigenvalue weighted by Crippen LogP contribution is -2.03. The van der Waals surface area contributed by atoms with Gasteiger partial charge in [-0.15, -0.1) is 0 Å². The second kappa shape index (κ2) is 12.2. The normalized spacial score (nSPS) is 15.5. The molecule has 0 bridgehead atoms. The number of ketones is 1. The number of Topliss-reactive ketones (excluding diaryl/α,β-unsaturated/α-hetero) is 1. The number of nitriles is 6. The Labute approximate surface area is 252 Å². The Morgan fingerprint density at radius 3 is 1.61 bits per heavy atom. The maximum Gasteiger partial charge on any atom is 0.194 e. The van der Waals surface area contributed by atoms with Crippen LogP contribution in [0.15, 0.2) is 70.3 Å². The van der Waals surface area contributed by atoms with E-state index in [1.807, 2.05) is 38.1 Å². The highest BCUT2D eigenvalue weighted by molar-refractivity contribution is 6.27. The fourth-order valence-corrected chi connectivity index (χ4v) is 5.50. The van der Waals surface area contributed by atoms with Crippen LogP contribution in [0.25, 0.3) is 16.7 Å². The number of hydrogen-bond acceptors (Lipinski definition) is 7. The van der Waals surface area contributed by atoms with Gasteiger partial charge in [0.1, 0.15) is 53.1 Å². The van der Waals surface area contributed by atoms with Crippen LogP contribution in [0, 0.1) is 91.5 Å². The van der Waals surface area contributed by atoms with E-state index in [0.29, 0.717) is 39.8 Å². The van der Waals surface area contributed by atoms with Crippen molar-refractivity contribution in [3.05, 3.63) is 110 Å². The number of benzene rings is 2. The van der Waals surface area contributed by atoms with Crippen molar-refractivity contribution < 1.29 is 13.6 Å². The first-order valence-corrected chi connectivity index (χ1v) is 13.3. The van der Waals surface area contributed by atoms with E-state index in [-0.39, 0.29) is 39.3 Å². The van der Waals surface area contributed by atoms with Gasteiger partial charge in [0.15, 0.2) is 17.4 Å². The second-order valence-electron chi connectivity index (χ2n) is 10.5. The molecule has 2 aromatic carbocycles. The van der Waals surface area contributed by atoms with Crippen LogP contribution in [0.5, 0.6) is 0 Å². The summed E-state index contributed by atoms with van der Waals surface area (Å²) < 4.78 is 28.1. The fraction of sp³-hybridized carbons (Fsp3) is 0.171. The third kappa shape index (κ3) is 5.20. The molecular formula is C35H20F2N6O. The van der Waals surface area contributed by atoms with Crippen LogP contribution >= 0.6 is 0 Å². The molecule has 0 saturated carbocycles. The highest BCUT2D eigenvalue weighted by atomic mass is 19.2. The topological polar surface area (TPSA) is 160 Å². The van der Waals surface area contributed by atoms with Gasteiger partial charge >= 0.3 is 0 Å². The van der Waals surface area contributed by atoms with E-state index >= 15 is 0 Å². The lowest BCUT2D eigenvalue weighted by molar-refractivity contribution is 0.104. The summed E-state index contributed by atoms with van der Waals surface area (Å²) in [5, 5.41) is 58.1. The lowest BCUT2D eigenvalue weighted by atomic mass is 9.92. The summed E-state index contributed by atoms with van der Waals surface area (Å²) in [6.45, 7) is 5.56. The predicted molar refractivity (Wildman–Crippen MR) is 155 cm³/mol. The summed E-state index contributed by atoms with van der Waals surface area (Å²) in [4.78, 5) is 13.3. The van der Waals surface area contributed by atoms with Crippen molar-refractivity contribution in [2.24, 2.45) is 11.8 Å². The molecule has 0 amide bonds. The largest absolute Gasteiger partial charge is 0.289 e. The molecule has 44 heavy (non-hydrogen) atoms. The summed E-state index contributed by atoms with van der Waals surface area (Å²) in [6, 6.07) is 17.9. The van der Waals surface area contributed by atoms with Crippen molar-refractivity contribution in [1.29, 1.82) is 31.6 Å². The molecule has 4 rings (SSSR count). The van der Waals surface area contributed by atoms with Gasteiger partial charge in [0.25, 0.3) is 0 Å². The van der Waals surface area contributed by atoms with Crippen molar-refractivity contribution in [3.8, 4) is 36.4 Å². The highest BCUT2D eigenvalue weighted by Crippen LogP contribution is 2.49. The smallest absolute Gasteiger partial charge is 0.194 e. The number of fused-ring (bicyclic) bond motifs is 2. The molecule has 210 valence electrons. The first-order valence-electron chi connectivity index (χ1n) is 13.3. The SMILES string of the molecule is CC(C)/C=C1/C(=C(C#N)C#N)c2ccc(CC(C)/C=C3\C(=O)c4cc(F)c(F)cc4C3=C(C#N)C#N)cc2C1=C(C#N)C#N. The van der Waals surface area contributed by atoms with Crippen molar-refractivity contribution >= 4 is 22.5 Å². The summed E-state index contributed by atoms with van der Waals surface area (Å²) in [5.74, 6) is -3.54. The maximum absolute atomic E-state index is 14.1. The molecule has 2 aliphatic rings. The third-order valence-corrected chi connectivity index (χ3v) is 7.18. The zero-order valence-corrected chi connectivity index (χ0v) is 23.8. The van der Waals surface area contributed by atoms with E-state index in [2.05, 4.69) is 0 Å². The number of rotatable bonds is 4. The number of carbonyl (C=O) groups is 1. The van der Waals surface area contributed by atoms with Gasteiger partial charge in [-0.25, -0.2) is 8.78 Å². The molecule has 0 saturated heterocycles. The van der Waals surface area contributed by atoms with Gasteiger partial charge in [-0.1, -0.05) is 51.1 Å². The molecule has 0 spiro atoms. The van der Waals surface area contributed by atoms with E-state index in [1.165, 1.54) is 0 Å². The molecule has 0 radical (unpaired) electrons. The Hall–Kier alpha value is -6.39. The third-order valence-electron chi connectivity index (χ3n) is 7.18. The molecule has 0 N–H and O–H groups in total. The second-order valence-corrected chi connectivity index (χ2v) is 10.5. The Balaban J connectivity index is 1.86. The van der Waals surface area contributed by atoms with Gasteiger partial charge in [-0.2, -0.15) is 31.6 Å². The van der Waals surface area contributed by atoms with Crippen LogP contribution in [-0.4, -0.2) is 5.78 Å². The molecule has 1 atom stereocenters. The van der Waals surface area contributed by atoms with E-state index in [4.69, 9.17) is 0 Å². The number of nitrogens with zero attached hydrogens (tertiary/aromatic N) is 6. The Morgan fingerprint density at radius 1 is 0.659 bits per heavy atom. The minimum Gasteiger partial charge on any atom is -0.289 e. The average molecular weight is 579 g/mol. The van der Waals surface area contributed by atoms with Gasteiger partial charge < -0.3 is 0 Å². The molecular weight excluding hydrogens is 558 g/mol. The van der Waals surface area contributed by atoms with Crippen LogP contribution < -0.4 is 0 Å². The predicted octanol–water partition coefficient (Wildman–Crippen LogP) is 6.96. The molecule has 0 heterocycles. The monoisotopic (exact) mass is 578 g/mol. The summed E-state index contributed by atoms with van der Waals surface area (Å²) in [7, 11) is 0. The van der Waals surface area contributed by atoms with Crippen LogP contribution in [-0.2, 0) is 6.42 Å². The van der Waals surface area contributed by atoms with Crippen LogP contribution in [0.3, 0.4) is 0 Å². The van der Waals surface area contributed by atoms with Crippen molar-refractivity contribution in [1.82, 2.24) is 0 Å². The number of hydrogen-bond donors (Lipinski definition) is 0. The zero-order chi connectivity index (χ0) is 32.3. The molecule has 9 heteroatoms. The number of halogens is 2. The van der Waals surface area contributed by atoms with Gasteiger partial charge in [-0.3, -0.25) is 4.79 Å². The first kappa shape index (κ1) is 30.6. The lowest BCUT2D eigenvalue weighted by Gasteiger charge is -2.11. The van der Waals surface area contributed by atoms with Crippen LogP contribution in [0.1, 0.15) is 53.4 Å². The molecule has 0 aliphatic heterocycles. The van der Waals surface area contributed by atoms with E-state index in [1.54, 1.807) is 49.4 Å². The summed E-state index contributed by atoms with van der Waals surface area (Å²) in [6.07, 6.45) is 3.64. The Bertz CT molecular complexity index is 2040. The molecule has 2 aliphatic carbocycles. The number of carbonyl (C=O) groups excluding carboxylic acids is 1. The molecule has 0 fully saturated rings. The number of allylic oxidation sites excluding steroid dienone is 10. The Morgan fingerprint density at radius 2 is 1.11 bits per heavy atom. The fourth-order valence-electron chi connectivity index (χ4n) is 5.50. The van der Waals surface area contributed by atoms with Gasteiger partial charge in [-0.05, 0) is 58.2 Å². The quantitative estimate of drug-likeness (QED) is 0.280. The van der Waals surface area contributed by atoms with Crippen LogP contribution in [0.4, 0.5) is 8.78 Å². The van der Waals surface area contributed by atoms with Gasteiger partial charge in [0.05, 0.1) is 0 Å². The minimum atomic E-state index is -1.23. The zero-order valence-electron chi connectivity index (χ0n) is 23.8. The first-order chi connectivity index (χ1) is 21.0. The molecule has 0 aromatic heterocycles. The molecule has 7 nitrogen and oxygen atoms in total. The van der Waals surface area contributed by atoms with Gasteiger partial charge in [0.2, 0.25) is 0 Å². The van der Waals surface area contributed by atoms with Crippen molar-refractivity contribution in [2.75, 3.05) is 0 Å². The molecule has 1 unspecified atom stereocenters. The highest BCUT2D eigenvalue weighted by Gasteiger charge is 2.35. The van der Waals surface area contributed by atoms with Gasteiger partial charge in [0, 0.05) is 27.9 Å². The molecule has 2 aromatic rings. The standard InChI is InChI=1S/C35H20F2N6O/c1-18(2)6-28-32(21(12-38)13-39)24-5-4-20(9-25(24)33(28)22(14-40)15-41)7-19(3)8-29-34(23(16-42)17-43)26-10-30(36)31(37)11-27(26)35(29)44/h4-6,8-11,18-19H,7H2,1-3H3/b28-6-,29-8-. The van der Waals surface area contributed by atoms with Crippen LogP contribution in [0.2, 0.25) is 0 Å². The summed E-state index contributed by atoms with van der Waals surface area (Å²) in [5.41, 5.74) is 1.81. The Kier molecular flexibility index (Phi) is 8.50. The van der Waals surface area contributed by atoms with E-state index in [9.17, 15) is 45.1 Å². The average Bonchev–Trinajstić information content (AvgIpc) is 3.42. The van der Waals surface area contributed by atoms with E-state index in [0.717, 1.165) is 12.1 Å². The summed E-state index contributed by atoms with van der Waals surface area (Å²) >= 11 is 0. The van der Waals surface area contributed by atoms with Crippen molar-refractivity contribution in [2.45, 2.75) is 27.2 Å². The van der Waals surface area contributed by atoms with E-state index < -0.39 is 28.9 Å². The van der Waals surface area contributed by atoms with Crippen molar-refractivity contribution in [3.63, 3.8) is 0 Å².